The maximum absolute atomic E-state index is 13.1. The molecule has 0 bridgehead atoms. The van der Waals surface area contributed by atoms with Gasteiger partial charge in [-0.25, -0.2) is 4.21 Å². The average Bonchev–Trinajstić information content (AvgIpc) is 3.07. The summed E-state index contributed by atoms with van der Waals surface area (Å²) in [6.45, 7) is 6.43. The summed E-state index contributed by atoms with van der Waals surface area (Å²) in [7, 11) is 0. The Hall–Kier alpha value is -2.27. The molecule has 0 saturated carbocycles. The highest BCUT2D eigenvalue weighted by Gasteiger charge is 2.59. The van der Waals surface area contributed by atoms with Gasteiger partial charge >= 0.3 is 0 Å². The van der Waals surface area contributed by atoms with Crippen molar-refractivity contribution in [2.24, 2.45) is 5.16 Å². The molecule has 4 rings (SSSR count). The van der Waals surface area contributed by atoms with Gasteiger partial charge in [0, 0.05) is 17.5 Å². The third kappa shape index (κ3) is 2.29. The zero-order valence-corrected chi connectivity index (χ0v) is 15.2. The highest BCUT2D eigenvalue weighted by Crippen LogP contribution is 2.41. The maximum atomic E-state index is 13.1. The number of benzene rings is 2. The van der Waals surface area contributed by atoms with Crippen LogP contribution in [0.2, 0.25) is 0 Å². The van der Waals surface area contributed by atoms with E-state index >= 15 is 0 Å². The van der Waals surface area contributed by atoms with Crippen molar-refractivity contribution < 1.29 is 13.3 Å². The van der Waals surface area contributed by atoms with Crippen LogP contribution in [-0.4, -0.2) is 20.5 Å². The molecule has 2 aromatic rings. The average molecular weight is 353 g/mol. The summed E-state index contributed by atoms with van der Waals surface area (Å²) in [5.41, 5.74) is 3.97. The van der Waals surface area contributed by atoms with Crippen molar-refractivity contribution in [3.63, 3.8) is 0 Å². The summed E-state index contributed by atoms with van der Waals surface area (Å²) in [5, 5.41) is 4.04. The normalized spacial score (nSPS) is 25.0. The quantitative estimate of drug-likeness (QED) is 0.788. The van der Waals surface area contributed by atoms with Gasteiger partial charge in [-0.15, -0.1) is 0 Å². The Balaban J connectivity index is 1.79. The number of ketones is 1. The van der Waals surface area contributed by atoms with Gasteiger partial charge in [-0.3, -0.25) is 9.08 Å². The summed E-state index contributed by atoms with van der Waals surface area (Å²) < 4.78 is 16.5. The lowest BCUT2D eigenvalue weighted by atomic mass is 9.85. The first-order chi connectivity index (χ1) is 11.8. The zero-order chi connectivity index (χ0) is 17.8. The number of nitrogens with zero attached hydrogens (tertiary/aromatic N) is 1. The molecule has 0 saturated heterocycles. The van der Waals surface area contributed by atoms with Gasteiger partial charge in [0.25, 0.3) is 11.1 Å². The van der Waals surface area contributed by atoms with E-state index in [9.17, 15) is 9.00 Å². The van der Waals surface area contributed by atoms with Crippen molar-refractivity contribution in [1.29, 1.82) is 0 Å². The van der Waals surface area contributed by atoms with Gasteiger partial charge in [0.2, 0.25) is 0 Å². The minimum absolute atomic E-state index is 0.0342. The van der Waals surface area contributed by atoms with E-state index < -0.39 is 15.8 Å². The summed E-state index contributed by atoms with van der Waals surface area (Å²) in [6, 6.07) is 15.3. The molecule has 0 aromatic heterocycles. The first-order valence-corrected chi connectivity index (χ1v) is 9.33. The van der Waals surface area contributed by atoms with Crippen LogP contribution in [0.15, 0.2) is 53.7 Å². The molecule has 2 aliphatic rings. The molecule has 2 aromatic carbocycles. The minimum atomic E-state index is -1.82. The fourth-order valence-corrected chi connectivity index (χ4v) is 4.61. The number of oxime groups is 1. The first-order valence-electron chi connectivity index (χ1n) is 8.25. The van der Waals surface area contributed by atoms with E-state index in [-0.39, 0.29) is 11.2 Å². The van der Waals surface area contributed by atoms with Gasteiger partial charge in [0.05, 0.1) is 0 Å². The second-order valence-corrected chi connectivity index (χ2v) is 8.88. The van der Waals surface area contributed by atoms with Crippen LogP contribution in [0.3, 0.4) is 0 Å². The number of carbonyl (C=O) groups is 1. The van der Waals surface area contributed by atoms with Gasteiger partial charge < -0.3 is 0 Å². The smallest absolute Gasteiger partial charge is 0.253 e. The largest absolute Gasteiger partial charge is 0.292 e. The molecule has 1 aliphatic heterocycles. The molecular weight excluding hydrogens is 334 g/mol. The van der Waals surface area contributed by atoms with Gasteiger partial charge in [-0.2, -0.15) is 0 Å². The zero-order valence-electron chi connectivity index (χ0n) is 14.4. The second kappa shape index (κ2) is 5.36. The molecule has 4 nitrogen and oxygen atoms in total. The van der Waals surface area contributed by atoms with Crippen LogP contribution in [-0.2, 0) is 27.2 Å². The minimum Gasteiger partial charge on any atom is -0.292 e. The molecule has 25 heavy (non-hydrogen) atoms. The number of hydrogen-bond acceptors (Lipinski definition) is 4. The van der Waals surface area contributed by atoms with E-state index in [0.717, 1.165) is 11.1 Å². The molecule has 2 atom stereocenters. The van der Waals surface area contributed by atoms with Crippen molar-refractivity contribution in [3.8, 4) is 0 Å². The third-order valence-corrected chi connectivity index (χ3v) is 6.26. The van der Waals surface area contributed by atoms with E-state index in [4.69, 9.17) is 4.28 Å². The highest BCUT2D eigenvalue weighted by atomic mass is 32.2. The number of hydrogen-bond donors (Lipinski definition) is 0. The van der Waals surface area contributed by atoms with Crippen molar-refractivity contribution in [2.45, 2.75) is 37.4 Å². The van der Waals surface area contributed by atoms with Crippen LogP contribution in [0.1, 0.15) is 47.8 Å². The number of carbonyl (C=O) groups excluding carboxylic acids is 1. The van der Waals surface area contributed by atoms with Gasteiger partial charge in [0.15, 0.2) is 10.5 Å². The van der Waals surface area contributed by atoms with Crippen LogP contribution in [0.25, 0.3) is 0 Å². The SMILES string of the molecule is CC(C)(C)c1ccc(C2=NOS(=O)[C@@]23Cc2ccccc2C3=O)cc1. The predicted octanol–water partition coefficient (Wildman–Crippen LogP) is 3.56. The van der Waals surface area contributed by atoms with Crippen molar-refractivity contribution in [1.82, 2.24) is 0 Å². The van der Waals surface area contributed by atoms with Crippen LogP contribution >= 0.6 is 0 Å². The number of Topliss-reactive ketones (excluding diaryl/α,β-unsaturated/α-hetero) is 1. The van der Waals surface area contributed by atoms with Crippen LogP contribution in [0.5, 0.6) is 0 Å². The summed E-state index contributed by atoms with van der Waals surface area (Å²) in [6.07, 6.45) is 0.356. The summed E-state index contributed by atoms with van der Waals surface area (Å²) >= 11 is -1.82. The molecular formula is C20H19NO3S. The highest BCUT2D eigenvalue weighted by molar-refractivity contribution is 7.84. The maximum Gasteiger partial charge on any atom is 0.253 e. The molecule has 128 valence electrons. The molecule has 0 fully saturated rings. The Morgan fingerprint density at radius 1 is 1.08 bits per heavy atom. The van der Waals surface area contributed by atoms with E-state index in [0.29, 0.717) is 17.7 Å². The molecule has 0 radical (unpaired) electrons. The Kier molecular flexibility index (Phi) is 3.48. The summed E-state index contributed by atoms with van der Waals surface area (Å²) in [4.78, 5) is 13.1. The third-order valence-electron chi connectivity index (χ3n) is 4.96. The summed E-state index contributed by atoms with van der Waals surface area (Å²) in [5.74, 6) is -0.169. The van der Waals surface area contributed by atoms with Crippen molar-refractivity contribution in [2.75, 3.05) is 0 Å². The number of rotatable bonds is 1. The van der Waals surface area contributed by atoms with Gasteiger partial charge in [-0.05, 0) is 16.5 Å². The van der Waals surface area contributed by atoms with Crippen molar-refractivity contribution in [3.05, 3.63) is 70.8 Å². The van der Waals surface area contributed by atoms with Gasteiger partial charge in [-0.1, -0.05) is 74.5 Å². The van der Waals surface area contributed by atoms with Crippen LogP contribution in [0.4, 0.5) is 0 Å². The van der Waals surface area contributed by atoms with E-state index in [1.54, 1.807) is 6.07 Å². The Morgan fingerprint density at radius 3 is 2.40 bits per heavy atom. The van der Waals surface area contributed by atoms with Crippen LogP contribution in [0, 0.1) is 0 Å². The molecule has 1 aliphatic carbocycles. The fourth-order valence-electron chi connectivity index (χ4n) is 3.49. The lowest BCUT2D eigenvalue weighted by molar-refractivity contribution is 0.0981. The van der Waals surface area contributed by atoms with E-state index in [1.165, 1.54) is 5.56 Å². The molecule has 5 heteroatoms. The predicted molar refractivity (Wildman–Crippen MR) is 98.1 cm³/mol. The van der Waals surface area contributed by atoms with E-state index in [1.807, 2.05) is 42.5 Å². The lowest BCUT2D eigenvalue weighted by Gasteiger charge is -2.21. The molecule has 1 unspecified atom stereocenters. The topological polar surface area (TPSA) is 55.7 Å². The monoisotopic (exact) mass is 353 g/mol. The number of fused-ring (bicyclic) bond motifs is 1. The second-order valence-electron chi connectivity index (χ2n) is 7.57. The first kappa shape index (κ1) is 16.2. The Morgan fingerprint density at radius 2 is 1.76 bits per heavy atom. The molecule has 1 spiro atoms. The Labute approximate surface area is 149 Å². The van der Waals surface area contributed by atoms with Crippen molar-refractivity contribution >= 4 is 22.6 Å². The van der Waals surface area contributed by atoms with Crippen LogP contribution < -0.4 is 0 Å². The molecule has 0 N–H and O–H groups in total. The lowest BCUT2D eigenvalue weighted by Crippen LogP contribution is -2.46. The van der Waals surface area contributed by atoms with E-state index in [2.05, 4.69) is 25.9 Å². The molecule has 0 amide bonds. The molecule has 1 heterocycles. The fraction of sp³-hybridized carbons (Fsp3) is 0.300. The van der Waals surface area contributed by atoms with Gasteiger partial charge in [0.1, 0.15) is 5.71 Å². The Bertz CT molecular complexity index is 925. The standard InChI is InChI=1S/C20H19NO3S/c1-19(2,3)15-10-8-13(9-11-15)17-20(25(23)24-21-17)12-14-6-4-5-7-16(14)18(20)22/h4-11H,12H2,1-3H3/t20-,25?/m0/s1.